The smallest absolute Gasteiger partial charge is 0.222 e. The Bertz CT molecular complexity index is 500. The Hall–Kier alpha value is -1.06. The highest BCUT2D eigenvalue weighted by atomic mass is 35.5. The molecule has 1 atom stereocenters. The molecule has 4 heteroatoms. The molecule has 1 aliphatic carbocycles. The second-order valence-electron chi connectivity index (χ2n) is 7.30. The third-order valence-electron chi connectivity index (χ3n) is 5.76. The number of carbonyl (C=O) groups excluding carboxylic acids is 1. The number of nitrogens with one attached hydrogen (secondary N) is 1. The van der Waals surface area contributed by atoms with Crippen molar-refractivity contribution in [3.63, 3.8) is 0 Å². The summed E-state index contributed by atoms with van der Waals surface area (Å²) in [7, 11) is 2.00. The van der Waals surface area contributed by atoms with Crippen LogP contribution in [0.25, 0.3) is 0 Å². The molecule has 3 nitrogen and oxygen atoms in total. The fourth-order valence-electron chi connectivity index (χ4n) is 4.24. The summed E-state index contributed by atoms with van der Waals surface area (Å²) >= 11 is 0. The molecule has 134 valence electrons. The van der Waals surface area contributed by atoms with E-state index in [2.05, 4.69) is 40.5 Å². The van der Waals surface area contributed by atoms with Crippen molar-refractivity contribution in [2.24, 2.45) is 5.92 Å². The summed E-state index contributed by atoms with van der Waals surface area (Å²) in [4.78, 5) is 14.7. The van der Waals surface area contributed by atoms with Crippen LogP contribution in [0.15, 0.2) is 30.3 Å². The van der Waals surface area contributed by atoms with Crippen molar-refractivity contribution in [2.45, 2.75) is 56.9 Å². The molecule has 2 aliphatic rings. The number of rotatable bonds is 4. The minimum Gasteiger partial charge on any atom is -0.341 e. The van der Waals surface area contributed by atoms with Crippen molar-refractivity contribution < 1.29 is 4.79 Å². The van der Waals surface area contributed by atoms with Crippen molar-refractivity contribution >= 4 is 18.3 Å². The third kappa shape index (κ3) is 4.97. The maximum atomic E-state index is 12.6. The number of halogens is 1. The SMILES string of the molecule is CNC1CCCN(C(=O)CC2CCC(c3ccccc3)CC2)C1.Cl. The molecule has 1 aromatic rings. The van der Waals surface area contributed by atoms with Crippen LogP contribution >= 0.6 is 12.4 Å². The summed E-state index contributed by atoms with van der Waals surface area (Å²) in [6.45, 7) is 1.85. The Labute approximate surface area is 152 Å². The Morgan fingerprint density at radius 3 is 2.50 bits per heavy atom. The lowest BCUT2D eigenvalue weighted by molar-refractivity contribution is -0.133. The minimum absolute atomic E-state index is 0. The lowest BCUT2D eigenvalue weighted by atomic mass is 9.77. The summed E-state index contributed by atoms with van der Waals surface area (Å²) in [6, 6.07) is 11.4. The van der Waals surface area contributed by atoms with Gasteiger partial charge < -0.3 is 10.2 Å². The first-order valence-corrected chi connectivity index (χ1v) is 9.26. The van der Waals surface area contributed by atoms with Gasteiger partial charge in [-0.2, -0.15) is 0 Å². The van der Waals surface area contributed by atoms with Gasteiger partial charge in [0.1, 0.15) is 0 Å². The van der Waals surface area contributed by atoms with Crippen molar-refractivity contribution in [3.05, 3.63) is 35.9 Å². The molecule has 1 heterocycles. The standard InChI is InChI=1S/C20H30N2O.ClH/c1-21-19-8-5-13-22(15-19)20(23)14-16-9-11-18(12-10-16)17-6-3-2-4-7-17;/h2-4,6-7,16,18-19,21H,5,8-15H2,1H3;1H. The van der Waals surface area contributed by atoms with Gasteiger partial charge in [-0.25, -0.2) is 0 Å². The zero-order valence-corrected chi connectivity index (χ0v) is 15.6. The molecule has 1 saturated carbocycles. The Balaban J connectivity index is 0.00000208. The van der Waals surface area contributed by atoms with Gasteiger partial charge in [0.25, 0.3) is 0 Å². The zero-order valence-electron chi connectivity index (χ0n) is 14.7. The average molecular weight is 351 g/mol. The number of benzene rings is 1. The molecular weight excluding hydrogens is 320 g/mol. The molecule has 1 unspecified atom stereocenters. The van der Waals surface area contributed by atoms with E-state index in [9.17, 15) is 4.79 Å². The highest BCUT2D eigenvalue weighted by Gasteiger charge is 2.27. The van der Waals surface area contributed by atoms with E-state index >= 15 is 0 Å². The number of likely N-dealkylation sites (N-methyl/N-ethyl adjacent to an activating group) is 1. The Kier molecular flexibility index (Phi) is 7.57. The number of likely N-dealkylation sites (tertiary alicyclic amines) is 1. The minimum atomic E-state index is 0. The fourth-order valence-corrected chi connectivity index (χ4v) is 4.24. The molecule has 0 bridgehead atoms. The maximum absolute atomic E-state index is 12.6. The normalized spacial score (nSPS) is 27.4. The molecule has 0 radical (unpaired) electrons. The number of hydrogen-bond acceptors (Lipinski definition) is 2. The van der Waals surface area contributed by atoms with Gasteiger partial charge in [0.15, 0.2) is 0 Å². The summed E-state index contributed by atoms with van der Waals surface area (Å²) in [5.74, 6) is 1.68. The van der Waals surface area contributed by atoms with Crippen LogP contribution in [-0.2, 0) is 4.79 Å². The van der Waals surface area contributed by atoms with Gasteiger partial charge in [0.05, 0.1) is 0 Å². The van der Waals surface area contributed by atoms with Gasteiger partial charge in [-0.1, -0.05) is 30.3 Å². The quantitative estimate of drug-likeness (QED) is 0.890. The molecule has 1 aromatic carbocycles. The van der Waals surface area contributed by atoms with Gasteiger partial charge in [0, 0.05) is 25.6 Å². The van der Waals surface area contributed by atoms with Crippen LogP contribution in [0, 0.1) is 5.92 Å². The van der Waals surface area contributed by atoms with Gasteiger partial charge in [-0.15, -0.1) is 12.4 Å². The van der Waals surface area contributed by atoms with Gasteiger partial charge in [0.2, 0.25) is 5.91 Å². The van der Waals surface area contributed by atoms with Crippen molar-refractivity contribution in [1.29, 1.82) is 0 Å². The van der Waals surface area contributed by atoms with E-state index in [0.717, 1.165) is 25.9 Å². The van der Waals surface area contributed by atoms with Crippen LogP contribution in [0.3, 0.4) is 0 Å². The lowest BCUT2D eigenvalue weighted by Gasteiger charge is -2.35. The van der Waals surface area contributed by atoms with E-state index in [-0.39, 0.29) is 12.4 Å². The Morgan fingerprint density at radius 2 is 1.83 bits per heavy atom. The number of amides is 1. The molecule has 3 rings (SSSR count). The second kappa shape index (κ2) is 9.43. The van der Waals surface area contributed by atoms with E-state index in [1.807, 2.05) is 7.05 Å². The summed E-state index contributed by atoms with van der Waals surface area (Å²) in [6.07, 6.45) is 7.98. The maximum Gasteiger partial charge on any atom is 0.222 e. The molecule has 1 aliphatic heterocycles. The highest BCUT2D eigenvalue weighted by molar-refractivity contribution is 5.85. The largest absolute Gasteiger partial charge is 0.341 e. The third-order valence-corrected chi connectivity index (χ3v) is 5.76. The van der Waals surface area contributed by atoms with Crippen LogP contribution < -0.4 is 5.32 Å². The first kappa shape index (κ1) is 19.3. The van der Waals surface area contributed by atoms with Gasteiger partial charge >= 0.3 is 0 Å². The van der Waals surface area contributed by atoms with Crippen LogP contribution in [0.5, 0.6) is 0 Å². The van der Waals surface area contributed by atoms with Gasteiger partial charge in [-0.3, -0.25) is 4.79 Å². The van der Waals surface area contributed by atoms with Crippen LogP contribution in [0.1, 0.15) is 56.4 Å². The first-order valence-electron chi connectivity index (χ1n) is 9.26. The van der Waals surface area contributed by atoms with E-state index in [1.165, 1.54) is 37.7 Å². The van der Waals surface area contributed by atoms with Crippen molar-refractivity contribution in [2.75, 3.05) is 20.1 Å². The Morgan fingerprint density at radius 1 is 1.12 bits per heavy atom. The van der Waals surface area contributed by atoms with Gasteiger partial charge in [-0.05, 0) is 63.0 Å². The lowest BCUT2D eigenvalue weighted by Crippen LogP contribution is -2.47. The highest BCUT2D eigenvalue weighted by Crippen LogP contribution is 2.37. The predicted molar refractivity (Wildman–Crippen MR) is 102 cm³/mol. The first-order chi connectivity index (χ1) is 11.3. The topological polar surface area (TPSA) is 32.3 Å². The molecule has 24 heavy (non-hydrogen) atoms. The zero-order chi connectivity index (χ0) is 16.1. The molecule has 2 fully saturated rings. The van der Waals surface area contributed by atoms with Crippen molar-refractivity contribution in [3.8, 4) is 0 Å². The molecule has 0 spiro atoms. The summed E-state index contributed by atoms with van der Waals surface area (Å²) < 4.78 is 0. The van der Waals surface area contributed by atoms with E-state index in [1.54, 1.807) is 0 Å². The van der Waals surface area contributed by atoms with Crippen LogP contribution in [-0.4, -0.2) is 37.0 Å². The molecule has 1 N–H and O–H groups in total. The van der Waals surface area contributed by atoms with E-state index < -0.39 is 0 Å². The van der Waals surface area contributed by atoms with E-state index in [4.69, 9.17) is 0 Å². The average Bonchev–Trinajstić information content (AvgIpc) is 2.63. The molecular formula is C20H31ClN2O. The molecule has 1 saturated heterocycles. The van der Waals surface area contributed by atoms with Crippen LogP contribution in [0.4, 0.5) is 0 Å². The number of hydrogen-bond donors (Lipinski definition) is 1. The summed E-state index contributed by atoms with van der Waals surface area (Å²) in [5.41, 5.74) is 1.48. The van der Waals surface area contributed by atoms with Crippen LogP contribution in [0.2, 0.25) is 0 Å². The fraction of sp³-hybridized carbons (Fsp3) is 0.650. The number of nitrogens with zero attached hydrogens (tertiary/aromatic N) is 1. The molecule has 0 aromatic heterocycles. The number of piperidine rings is 1. The number of carbonyl (C=O) groups is 1. The van der Waals surface area contributed by atoms with Crippen molar-refractivity contribution in [1.82, 2.24) is 10.2 Å². The van der Waals surface area contributed by atoms with E-state index in [0.29, 0.717) is 23.8 Å². The second-order valence-corrected chi connectivity index (χ2v) is 7.30. The summed E-state index contributed by atoms with van der Waals surface area (Å²) in [5, 5.41) is 3.32. The predicted octanol–water partition coefficient (Wildman–Crippen LogP) is 3.98. The monoisotopic (exact) mass is 350 g/mol. The molecule has 1 amide bonds.